The lowest BCUT2D eigenvalue weighted by atomic mass is 9.43. The highest BCUT2D eigenvalue weighted by Crippen LogP contribution is 2.73. The first-order chi connectivity index (χ1) is 14.4. The molecule has 164 valence electrons. The zero-order valence-corrected chi connectivity index (χ0v) is 19.7. The number of H-pyrrole nitrogens is 1. The minimum absolute atomic E-state index is 0.0922. The molecule has 7 unspecified atom stereocenters. The third kappa shape index (κ3) is 1.75. The van der Waals surface area contributed by atoms with Crippen LogP contribution in [-0.2, 0) is 21.2 Å². The van der Waals surface area contributed by atoms with Gasteiger partial charge in [0.2, 0.25) is 0 Å². The first-order valence-corrected chi connectivity index (χ1v) is 11.7. The second-order valence-corrected chi connectivity index (χ2v) is 12.0. The molecule has 7 atom stereocenters. The Balaban J connectivity index is 1.88. The quantitative estimate of drug-likeness (QED) is 0.301. The number of aromatic amines is 1. The molecule has 2 heterocycles. The van der Waals surface area contributed by atoms with Gasteiger partial charge >= 0.3 is 0 Å². The van der Waals surface area contributed by atoms with Crippen molar-refractivity contribution < 1.29 is 9.84 Å². The van der Waals surface area contributed by atoms with Crippen LogP contribution in [0.4, 0.5) is 0 Å². The predicted octanol–water partition coefficient (Wildman–Crippen LogP) is 4.96. The number of benzene rings is 1. The second kappa shape index (κ2) is 5.30. The van der Waals surface area contributed by atoms with Crippen LogP contribution >= 0.6 is 11.6 Å². The molecule has 0 spiro atoms. The van der Waals surface area contributed by atoms with E-state index in [1.165, 1.54) is 5.56 Å². The summed E-state index contributed by atoms with van der Waals surface area (Å²) in [7, 11) is 0. The number of rotatable bonds is 2. The third-order valence-electron chi connectivity index (χ3n) is 9.70. The number of hydrogen-bond acceptors (Lipinski definition) is 3. The van der Waals surface area contributed by atoms with Crippen molar-refractivity contribution >= 4 is 29.2 Å². The summed E-state index contributed by atoms with van der Waals surface area (Å²) in [4.78, 5) is 8.54. The lowest BCUT2D eigenvalue weighted by Gasteiger charge is -2.65. The summed E-state index contributed by atoms with van der Waals surface area (Å²) in [6, 6.07) is 6.42. The highest BCUT2D eigenvalue weighted by atomic mass is 35.5. The van der Waals surface area contributed by atoms with Gasteiger partial charge in [-0.3, -0.25) is 4.99 Å². The van der Waals surface area contributed by atoms with E-state index in [9.17, 15) is 5.11 Å². The van der Waals surface area contributed by atoms with Crippen molar-refractivity contribution in [2.75, 3.05) is 0 Å². The SMILES string of the molecule is C=CC1(C)C(Cl)CC2C(C)(C)c3cccc4[nH]c5c(c34)C2(O)C1(N=C)C1OC1C5(C)C. The van der Waals surface area contributed by atoms with Gasteiger partial charge in [0.1, 0.15) is 17.2 Å². The van der Waals surface area contributed by atoms with Crippen molar-refractivity contribution in [3.05, 3.63) is 47.7 Å². The van der Waals surface area contributed by atoms with Crippen molar-refractivity contribution in [2.24, 2.45) is 16.3 Å². The summed E-state index contributed by atoms with van der Waals surface area (Å²) in [5, 5.41) is 14.1. The number of aliphatic imine (C=N–C) groups is 1. The summed E-state index contributed by atoms with van der Waals surface area (Å²) in [5.74, 6) is -0.146. The number of aliphatic hydroxyl groups is 1. The third-order valence-corrected chi connectivity index (χ3v) is 10.3. The number of aromatic nitrogens is 1. The molecular weight excluding hydrogens is 408 g/mol. The van der Waals surface area contributed by atoms with E-state index >= 15 is 0 Å². The molecule has 0 radical (unpaired) electrons. The van der Waals surface area contributed by atoms with Crippen LogP contribution in [0.3, 0.4) is 0 Å². The zero-order chi connectivity index (χ0) is 22.4. The molecule has 0 amide bonds. The van der Waals surface area contributed by atoms with E-state index in [-0.39, 0.29) is 34.3 Å². The standard InChI is InChI=1S/C26H31ClN2O2/c1-8-24(6)16(27)12-15-22(2,3)13-10-9-11-14-17(13)18-19(29-14)23(4,5)20-21(31-20)26(24,28-7)25(15,18)30/h8-11,15-16,20-21,29-30H,1,7,12H2,2-6H3. The van der Waals surface area contributed by atoms with Gasteiger partial charge in [0.05, 0.1) is 6.10 Å². The van der Waals surface area contributed by atoms with E-state index in [2.05, 4.69) is 71.1 Å². The molecule has 1 aromatic carbocycles. The van der Waals surface area contributed by atoms with E-state index in [1.54, 1.807) is 0 Å². The van der Waals surface area contributed by atoms with Gasteiger partial charge in [-0.1, -0.05) is 52.8 Å². The fourth-order valence-corrected chi connectivity index (χ4v) is 8.30. The minimum atomic E-state index is -1.29. The Hall–Kier alpha value is -1.62. The summed E-state index contributed by atoms with van der Waals surface area (Å²) in [5.41, 5.74) is 0.690. The van der Waals surface area contributed by atoms with Gasteiger partial charge in [-0.05, 0) is 30.2 Å². The van der Waals surface area contributed by atoms with Gasteiger partial charge in [-0.25, -0.2) is 0 Å². The number of fused-ring (bicyclic) bond motifs is 2. The van der Waals surface area contributed by atoms with Gasteiger partial charge < -0.3 is 14.8 Å². The van der Waals surface area contributed by atoms with Crippen LogP contribution in [0, 0.1) is 11.3 Å². The molecule has 2 fully saturated rings. The molecule has 2 N–H and O–H groups in total. The summed E-state index contributed by atoms with van der Waals surface area (Å²) >= 11 is 7.17. The van der Waals surface area contributed by atoms with Crippen molar-refractivity contribution in [3.63, 3.8) is 0 Å². The number of ether oxygens (including phenoxy) is 1. The first kappa shape index (κ1) is 20.0. The molecular formula is C26H31ClN2O2. The predicted molar refractivity (Wildman–Crippen MR) is 125 cm³/mol. The minimum Gasteiger partial charge on any atom is -0.382 e. The molecule has 5 heteroatoms. The van der Waals surface area contributed by atoms with Crippen LogP contribution in [0.25, 0.3) is 10.9 Å². The average molecular weight is 439 g/mol. The Kier molecular flexibility index (Phi) is 3.42. The highest BCUT2D eigenvalue weighted by molar-refractivity contribution is 6.21. The Bertz CT molecular complexity index is 1180. The molecule has 31 heavy (non-hydrogen) atoms. The largest absolute Gasteiger partial charge is 0.382 e. The molecule has 2 aromatic rings. The van der Waals surface area contributed by atoms with Crippen molar-refractivity contribution in [3.8, 4) is 0 Å². The normalized spacial score (nSPS) is 45.5. The van der Waals surface area contributed by atoms with Crippen LogP contribution in [0.1, 0.15) is 57.9 Å². The van der Waals surface area contributed by atoms with Crippen LogP contribution in [0.15, 0.2) is 35.8 Å². The van der Waals surface area contributed by atoms with Crippen LogP contribution in [0.2, 0.25) is 0 Å². The van der Waals surface area contributed by atoms with Crippen molar-refractivity contribution in [2.45, 2.75) is 80.6 Å². The maximum atomic E-state index is 13.2. The summed E-state index contributed by atoms with van der Waals surface area (Å²) < 4.78 is 6.42. The van der Waals surface area contributed by atoms with Gasteiger partial charge in [0, 0.05) is 44.3 Å². The van der Waals surface area contributed by atoms with Gasteiger partial charge in [0.25, 0.3) is 0 Å². The Labute approximate surface area is 188 Å². The zero-order valence-electron chi connectivity index (χ0n) is 18.9. The smallest absolute Gasteiger partial charge is 0.132 e. The monoisotopic (exact) mass is 438 g/mol. The van der Waals surface area contributed by atoms with E-state index in [4.69, 9.17) is 21.3 Å². The molecule has 1 aromatic heterocycles. The van der Waals surface area contributed by atoms with E-state index in [0.29, 0.717) is 6.42 Å². The second-order valence-electron chi connectivity index (χ2n) is 11.5. The average Bonchev–Trinajstić information content (AvgIpc) is 3.43. The lowest BCUT2D eigenvalue weighted by molar-refractivity contribution is -0.180. The summed E-state index contributed by atoms with van der Waals surface area (Å²) in [6.07, 6.45) is 2.17. The number of halogens is 1. The van der Waals surface area contributed by atoms with Crippen molar-refractivity contribution in [1.29, 1.82) is 0 Å². The molecule has 6 rings (SSSR count). The van der Waals surface area contributed by atoms with Crippen LogP contribution < -0.4 is 0 Å². The molecule has 1 saturated carbocycles. The van der Waals surface area contributed by atoms with Gasteiger partial charge in [-0.2, -0.15) is 0 Å². The molecule has 1 aliphatic heterocycles. The molecule has 1 saturated heterocycles. The Morgan fingerprint density at radius 3 is 2.55 bits per heavy atom. The van der Waals surface area contributed by atoms with Gasteiger partial charge in [-0.15, -0.1) is 18.2 Å². The molecule has 4 aliphatic rings. The number of nitrogens with one attached hydrogen (secondary N) is 1. The number of alkyl halides is 1. The topological polar surface area (TPSA) is 60.9 Å². The fourth-order valence-electron chi connectivity index (χ4n) is 7.86. The molecule has 0 bridgehead atoms. The number of hydrogen-bond donors (Lipinski definition) is 2. The highest BCUT2D eigenvalue weighted by Gasteiger charge is 2.82. The lowest BCUT2D eigenvalue weighted by Crippen LogP contribution is -2.74. The van der Waals surface area contributed by atoms with Crippen LogP contribution in [-0.4, -0.2) is 39.9 Å². The Morgan fingerprint density at radius 2 is 1.90 bits per heavy atom. The van der Waals surface area contributed by atoms with E-state index in [1.807, 2.05) is 6.08 Å². The van der Waals surface area contributed by atoms with Crippen molar-refractivity contribution in [1.82, 2.24) is 4.98 Å². The maximum Gasteiger partial charge on any atom is 0.132 e. The number of nitrogens with zero attached hydrogens (tertiary/aromatic N) is 1. The first-order valence-electron chi connectivity index (χ1n) is 11.2. The molecule has 4 nitrogen and oxygen atoms in total. The fraction of sp³-hybridized carbons (Fsp3) is 0.577. The van der Waals surface area contributed by atoms with E-state index in [0.717, 1.165) is 22.2 Å². The molecule has 3 aliphatic carbocycles. The Morgan fingerprint density at radius 1 is 1.19 bits per heavy atom. The van der Waals surface area contributed by atoms with Crippen LogP contribution in [0.5, 0.6) is 0 Å². The van der Waals surface area contributed by atoms with Gasteiger partial charge in [0.15, 0.2) is 0 Å². The maximum absolute atomic E-state index is 13.2. The summed E-state index contributed by atoms with van der Waals surface area (Å²) in [6.45, 7) is 19.2. The number of epoxide rings is 1. The van der Waals surface area contributed by atoms with E-state index < -0.39 is 16.6 Å².